The van der Waals surface area contributed by atoms with Crippen molar-refractivity contribution in [2.45, 2.75) is 51.6 Å². The number of carbonyl (C=O) groups is 2. The molecular formula is C29H34FN3O4S. The molecule has 38 heavy (non-hydrogen) atoms. The monoisotopic (exact) mass is 539 g/mol. The number of nitrogens with one attached hydrogen (secondary N) is 1. The zero-order chi connectivity index (χ0) is 27.9. The molecule has 202 valence electrons. The molecule has 0 unspecified atom stereocenters. The van der Waals surface area contributed by atoms with Crippen molar-refractivity contribution in [2.24, 2.45) is 0 Å². The number of benzene rings is 3. The summed E-state index contributed by atoms with van der Waals surface area (Å²) in [5.41, 5.74) is 3.03. The first-order chi connectivity index (χ1) is 18.1. The van der Waals surface area contributed by atoms with Crippen molar-refractivity contribution in [2.75, 3.05) is 17.4 Å². The molecule has 7 nitrogen and oxygen atoms in total. The Morgan fingerprint density at radius 3 is 2.16 bits per heavy atom. The van der Waals surface area contributed by atoms with Crippen LogP contribution in [-0.2, 0) is 26.2 Å². The summed E-state index contributed by atoms with van der Waals surface area (Å²) >= 11 is 0. The Bertz CT molecular complexity index is 1360. The number of likely N-dealkylation sites (N-methyl/N-ethyl adjacent to an activating group) is 1. The number of hydrogen-bond acceptors (Lipinski definition) is 4. The summed E-state index contributed by atoms with van der Waals surface area (Å²) in [4.78, 5) is 28.1. The minimum absolute atomic E-state index is 0.133. The second kappa shape index (κ2) is 12.7. The molecule has 0 fully saturated rings. The fraction of sp³-hybridized carbons (Fsp3) is 0.310. The highest BCUT2D eigenvalue weighted by molar-refractivity contribution is 7.92. The molecule has 3 rings (SSSR count). The number of anilines is 1. The molecule has 1 atom stereocenters. The summed E-state index contributed by atoms with van der Waals surface area (Å²) in [6.07, 6.45) is 0.346. The molecule has 0 aromatic heterocycles. The van der Waals surface area contributed by atoms with Crippen LogP contribution < -0.4 is 9.62 Å². The molecule has 0 spiro atoms. The van der Waals surface area contributed by atoms with Crippen molar-refractivity contribution in [1.82, 2.24) is 10.2 Å². The van der Waals surface area contributed by atoms with Gasteiger partial charge in [-0.15, -0.1) is 0 Å². The van der Waals surface area contributed by atoms with Crippen molar-refractivity contribution in [3.63, 3.8) is 0 Å². The average molecular weight is 540 g/mol. The summed E-state index contributed by atoms with van der Waals surface area (Å²) in [7, 11) is -4.24. The quantitative estimate of drug-likeness (QED) is 0.387. The lowest BCUT2D eigenvalue weighted by atomic mass is 10.1. The van der Waals surface area contributed by atoms with Crippen LogP contribution in [0.1, 0.15) is 37.0 Å². The van der Waals surface area contributed by atoms with Gasteiger partial charge in [0.1, 0.15) is 18.4 Å². The molecule has 3 aromatic carbocycles. The van der Waals surface area contributed by atoms with Crippen molar-refractivity contribution < 1.29 is 22.4 Å². The van der Waals surface area contributed by atoms with Gasteiger partial charge in [-0.25, -0.2) is 12.8 Å². The van der Waals surface area contributed by atoms with Gasteiger partial charge in [-0.3, -0.25) is 13.9 Å². The van der Waals surface area contributed by atoms with Gasteiger partial charge in [-0.2, -0.15) is 0 Å². The first-order valence-electron chi connectivity index (χ1n) is 12.5. The number of amides is 2. The van der Waals surface area contributed by atoms with Crippen LogP contribution >= 0.6 is 0 Å². The topological polar surface area (TPSA) is 86.8 Å². The van der Waals surface area contributed by atoms with E-state index in [1.807, 2.05) is 45.0 Å². The highest BCUT2D eigenvalue weighted by Gasteiger charge is 2.33. The van der Waals surface area contributed by atoms with E-state index in [1.54, 1.807) is 31.2 Å². The maximum Gasteiger partial charge on any atom is 0.264 e. The van der Waals surface area contributed by atoms with Gasteiger partial charge in [0.05, 0.1) is 10.6 Å². The molecule has 0 bridgehead atoms. The molecule has 0 heterocycles. The zero-order valence-corrected chi connectivity index (χ0v) is 23.0. The van der Waals surface area contributed by atoms with Crippen molar-refractivity contribution in [1.29, 1.82) is 0 Å². The minimum Gasteiger partial charge on any atom is -0.355 e. The molecule has 0 saturated heterocycles. The van der Waals surface area contributed by atoms with E-state index in [0.717, 1.165) is 33.1 Å². The van der Waals surface area contributed by atoms with Crippen LogP contribution in [-0.4, -0.2) is 44.3 Å². The molecule has 0 aliphatic heterocycles. The zero-order valence-electron chi connectivity index (χ0n) is 22.1. The maximum atomic E-state index is 13.9. The second-order valence-electron chi connectivity index (χ2n) is 9.13. The molecule has 1 N–H and O–H groups in total. The number of sulfonamides is 1. The summed E-state index contributed by atoms with van der Waals surface area (Å²) < 4.78 is 42.0. The summed E-state index contributed by atoms with van der Waals surface area (Å²) in [5.74, 6) is -1.41. The normalized spacial score (nSPS) is 12.0. The van der Waals surface area contributed by atoms with Gasteiger partial charge in [0, 0.05) is 13.1 Å². The molecule has 0 radical (unpaired) electrons. The van der Waals surface area contributed by atoms with E-state index in [2.05, 4.69) is 5.32 Å². The summed E-state index contributed by atoms with van der Waals surface area (Å²) in [5, 5.41) is 2.78. The van der Waals surface area contributed by atoms with Gasteiger partial charge >= 0.3 is 0 Å². The first-order valence-corrected chi connectivity index (χ1v) is 14.0. The molecule has 0 aliphatic carbocycles. The number of aryl methyl sites for hydroxylation is 2. The van der Waals surface area contributed by atoms with Crippen LogP contribution in [0.15, 0.2) is 77.7 Å². The Hall–Kier alpha value is -3.72. The van der Waals surface area contributed by atoms with Crippen molar-refractivity contribution >= 4 is 27.5 Å². The van der Waals surface area contributed by atoms with Gasteiger partial charge in [0.2, 0.25) is 11.8 Å². The van der Waals surface area contributed by atoms with Gasteiger partial charge in [-0.05, 0) is 69.2 Å². The smallest absolute Gasteiger partial charge is 0.264 e. The third-order valence-electron chi connectivity index (χ3n) is 6.17. The lowest BCUT2D eigenvalue weighted by Gasteiger charge is -2.33. The number of rotatable bonds is 11. The van der Waals surface area contributed by atoms with Crippen LogP contribution in [0.25, 0.3) is 0 Å². The summed E-state index contributed by atoms with van der Waals surface area (Å²) in [6.45, 7) is 7.41. The van der Waals surface area contributed by atoms with Crippen LogP contribution in [0, 0.1) is 19.7 Å². The first kappa shape index (κ1) is 28.8. The largest absolute Gasteiger partial charge is 0.355 e. The van der Waals surface area contributed by atoms with Gasteiger partial charge in [0.15, 0.2) is 0 Å². The molecule has 3 aromatic rings. The third-order valence-corrected chi connectivity index (χ3v) is 7.96. The Morgan fingerprint density at radius 2 is 1.58 bits per heavy atom. The number of nitrogens with zero attached hydrogens (tertiary/aromatic N) is 2. The Labute approximate surface area is 224 Å². The molecule has 0 saturated carbocycles. The van der Waals surface area contributed by atoms with Crippen molar-refractivity contribution in [3.05, 3.63) is 95.3 Å². The Balaban J connectivity index is 2.05. The van der Waals surface area contributed by atoms with Gasteiger partial charge < -0.3 is 10.2 Å². The van der Waals surface area contributed by atoms with E-state index in [9.17, 15) is 22.4 Å². The van der Waals surface area contributed by atoms with E-state index in [0.29, 0.717) is 13.0 Å². The molecule has 0 aliphatic rings. The highest BCUT2D eigenvalue weighted by atomic mass is 32.2. The number of carbonyl (C=O) groups excluding carboxylic acids is 2. The standard InChI is InChI=1S/C29H34FN3O4S/c1-5-27(29(35)31-6-2)32(19-23-9-7-8-22(4)18-23)28(34)20-33(25-14-10-21(3)11-15-25)38(36,37)26-16-12-24(30)13-17-26/h7-18,27H,5-6,19-20H2,1-4H3,(H,31,35)/t27-/m0/s1. The minimum atomic E-state index is -4.24. The number of halogens is 1. The van der Waals surface area contributed by atoms with E-state index in [-0.39, 0.29) is 23.0 Å². The third kappa shape index (κ3) is 6.98. The van der Waals surface area contributed by atoms with Crippen LogP contribution in [0.5, 0.6) is 0 Å². The fourth-order valence-corrected chi connectivity index (χ4v) is 5.61. The van der Waals surface area contributed by atoms with Gasteiger partial charge in [0.25, 0.3) is 10.0 Å². The lowest BCUT2D eigenvalue weighted by molar-refractivity contribution is -0.140. The predicted octanol–water partition coefficient (Wildman–Crippen LogP) is 4.58. The Morgan fingerprint density at radius 1 is 0.921 bits per heavy atom. The van der Waals surface area contributed by atoms with Gasteiger partial charge in [-0.1, -0.05) is 54.4 Å². The average Bonchev–Trinajstić information content (AvgIpc) is 2.88. The molecule has 2 amide bonds. The van der Waals surface area contributed by atoms with Crippen LogP contribution in [0.3, 0.4) is 0 Å². The van der Waals surface area contributed by atoms with E-state index in [1.165, 1.54) is 17.0 Å². The predicted molar refractivity (Wildman–Crippen MR) is 147 cm³/mol. The summed E-state index contributed by atoms with van der Waals surface area (Å²) in [6, 6.07) is 18.0. The second-order valence-corrected chi connectivity index (χ2v) is 11.0. The number of hydrogen-bond donors (Lipinski definition) is 1. The maximum absolute atomic E-state index is 13.9. The van der Waals surface area contributed by atoms with Crippen molar-refractivity contribution in [3.8, 4) is 0 Å². The van der Waals surface area contributed by atoms with Crippen LogP contribution in [0.2, 0.25) is 0 Å². The lowest BCUT2D eigenvalue weighted by Crippen LogP contribution is -2.52. The SMILES string of the molecule is CCNC(=O)[C@H](CC)N(Cc1cccc(C)c1)C(=O)CN(c1ccc(C)cc1)S(=O)(=O)c1ccc(F)cc1. The Kier molecular flexibility index (Phi) is 9.63. The van der Waals surface area contributed by atoms with Crippen LogP contribution in [0.4, 0.5) is 10.1 Å². The fourth-order valence-electron chi connectivity index (χ4n) is 4.19. The molecular weight excluding hydrogens is 505 g/mol. The van der Waals surface area contributed by atoms with E-state index in [4.69, 9.17) is 0 Å². The van der Waals surface area contributed by atoms with E-state index < -0.39 is 34.3 Å². The molecule has 9 heteroatoms. The van der Waals surface area contributed by atoms with E-state index >= 15 is 0 Å². The highest BCUT2D eigenvalue weighted by Crippen LogP contribution is 2.25.